The van der Waals surface area contributed by atoms with Crippen molar-refractivity contribution in [1.82, 2.24) is 0 Å². The number of allylic oxidation sites excluding steroid dienone is 3. The van der Waals surface area contributed by atoms with E-state index in [1.54, 1.807) is 0 Å². The molecule has 0 aromatic rings. The summed E-state index contributed by atoms with van der Waals surface area (Å²) in [7, 11) is 0. The molecule has 0 amide bonds. The first-order chi connectivity index (χ1) is 5.63. The van der Waals surface area contributed by atoms with Crippen LogP contribution in [-0.4, -0.2) is 0 Å². The van der Waals surface area contributed by atoms with Gasteiger partial charge in [0.1, 0.15) is 0 Å². The van der Waals surface area contributed by atoms with Gasteiger partial charge < -0.3 is 0 Å². The van der Waals surface area contributed by atoms with E-state index in [-0.39, 0.29) is 0 Å². The molecule has 0 rings (SSSR count). The highest BCUT2D eigenvalue weighted by Gasteiger charge is 1.88. The van der Waals surface area contributed by atoms with Gasteiger partial charge in [-0.25, -0.2) is 0 Å². The van der Waals surface area contributed by atoms with Gasteiger partial charge in [-0.05, 0) is 31.6 Å². The summed E-state index contributed by atoms with van der Waals surface area (Å²) in [6.07, 6.45) is 8.85. The zero-order valence-electron chi connectivity index (χ0n) is 8.15. The predicted molar refractivity (Wildman–Crippen MR) is 57.4 cm³/mol. The second-order valence-electron chi connectivity index (χ2n) is 3.51. The minimum Gasteiger partial charge on any atom is -0.0898 e. The minimum absolute atomic E-state index is 0.768. The molecule has 0 saturated carbocycles. The van der Waals surface area contributed by atoms with Crippen molar-refractivity contribution in [3.63, 3.8) is 0 Å². The molecule has 0 spiro atoms. The molecule has 0 aliphatic rings. The summed E-state index contributed by atoms with van der Waals surface area (Å²) in [6.45, 7) is 8.10. The molecule has 0 nitrogen and oxygen atoms in total. The third-order valence-corrected chi connectivity index (χ3v) is 1.78. The van der Waals surface area contributed by atoms with Crippen molar-refractivity contribution in [3.8, 4) is 0 Å². The maximum atomic E-state index is 5.62. The normalized spacial score (nSPS) is 11.3. The minimum atomic E-state index is 0.768. The van der Waals surface area contributed by atoms with Crippen molar-refractivity contribution < 1.29 is 0 Å². The molecular weight excluding hydrogens is 168 g/mol. The van der Waals surface area contributed by atoms with Crippen LogP contribution in [0.4, 0.5) is 0 Å². The Morgan fingerprint density at radius 2 is 2.08 bits per heavy atom. The largest absolute Gasteiger partial charge is 0.0898 e. The zero-order valence-corrected chi connectivity index (χ0v) is 8.90. The van der Waals surface area contributed by atoms with Crippen LogP contribution in [0.1, 0.15) is 39.5 Å². The van der Waals surface area contributed by atoms with Crippen molar-refractivity contribution in [3.05, 3.63) is 23.8 Å². The van der Waals surface area contributed by atoms with Gasteiger partial charge in [-0.2, -0.15) is 0 Å². The van der Waals surface area contributed by atoms with Crippen LogP contribution in [0.5, 0.6) is 0 Å². The van der Waals surface area contributed by atoms with Crippen LogP contribution in [0.3, 0.4) is 0 Å². The Labute approximate surface area is 81.3 Å². The van der Waals surface area contributed by atoms with Gasteiger partial charge in [0, 0.05) is 5.03 Å². The fourth-order valence-electron chi connectivity index (χ4n) is 0.898. The van der Waals surface area contributed by atoms with E-state index in [9.17, 15) is 0 Å². The molecule has 0 aromatic heterocycles. The molecule has 0 bridgehead atoms. The van der Waals surface area contributed by atoms with E-state index < -0.39 is 0 Å². The maximum Gasteiger partial charge on any atom is 0.0109 e. The molecule has 0 N–H and O–H groups in total. The van der Waals surface area contributed by atoms with E-state index in [0.29, 0.717) is 0 Å². The molecule has 12 heavy (non-hydrogen) atoms. The molecule has 0 aliphatic carbocycles. The van der Waals surface area contributed by atoms with Crippen LogP contribution in [0.25, 0.3) is 0 Å². The van der Waals surface area contributed by atoms with Gasteiger partial charge in [-0.1, -0.05) is 44.2 Å². The fraction of sp³-hybridized carbons (Fsp3) is 0.636. The summed E-state index contributed by atoms with van der Waals surface area (Å²) in [5.74, 6) is 0.768. The van der Waals surface area contributed by atoms with Crippen LogP contribution >= 0.6 is 11.6 Å². The van der Waals surface area contributed by atoms with E-state index in [1.807, 2.05) is 0 Å². The summed E-state index contributed by atoms with van der Waals surface area (Å²) < 4.78 is 0. The van der Waals surface area contributed by atoms with Crippen molar-refractivity contribution in [2.75, 3.05) is 0 Å². The van der Waals surface area contributed by atoms with Crippen LogP contribution in [0.2, 0.25) is 0 Å². The standard InChI is InChI=1S/C11H19Cl/c1-10(2)8-6-4-5-7-9-11(3)12/h4,6,10H,3,5,7-9H2,1-2H3/b6-4-. The molecular formula is C11H19Cl. The van der Waals surface area contributed by atoms with E-state index in [1.165, 1.54) is 6.42 Å². The monoisotopic (exact) mass is 186 g/mol. The summed E-state index contributed by atoms with van der Waals surface area (Å²) in [4.78, 5) is 0. The topological polar surface area (TPSA) is 0 Å². The highest BCUT2D eigenvalue weighted by molar-refractivity contribution is 6.29. The second-order valence-corrected chi connectivity index (χ2v) is 4.04. The van der Waals surface area contributed by atoms with Gasteiger partial charge in [-0.15, -0.1) is 0 Å². The van der Waals surface area contributed by atoms with E-state index in [4.69, 9.17) is 11.6 Å². The molecule has 1 heteroatoms. The smallest absolute Gasteiger partial charge is 0.0109 e. The molecule has 0 radical (unpaired) electrons. The number of hydrogen-bond donors (Lipinski definition) is 0. The maximum absolute atomic E-state index is 5.62. The first-order valence-electron chi connectivity index (χ1n) is 4.61. The van der Waals surface area contributed by atoms with Gasteiger partial charge in [-0.3, -0.25) is 0 Å². The Morgan fingerprint density at radius 3 is 2.58 bits per heavy atom. The molecule has 0 unspecified atom stereocenters. The summed E-state index contributed by atoms with van der Waals surface area (Å²) in [6, 6.07) is 0. The van der Waals surface area contributed by atoms with E-state index in [0.717, 1.165) is 30.2 Å². The van der Waals surface area contributed by atoms with Gasteiger partial charge in [0.25, 0.3) is 0 Å². The Balaban J connectivity index is 3.19. The van der Waals surface area contributed by atoms with Gasteiger partial charge in [0.2, 0.25) is 0 Å². The van der Waals surface area contributed by atoms with Crippen molar-refractivity contribution in [2.24, 2.45) is 5.92 Å². The molecule has 0 aromatic carbocycles. The van der Waals surface area contributed by atoms with E-state index in [2.05, 4.69) is 32.6 Å². The van der Waals surface area contributed by atoms with Crippen LogP contribution in [-0.2, 0) is 0 Å². The van der Waals surface area contributed by atoms with Crippen molar-refractivity contribution in [1.29, 1.82) is 0 Å². The molecule has 70 valence electrons. The lowest BCUT2D eigenvalue weighted by Crippen LogP contribution is -1.81. The average Bonchev–Trinajstić information content (AvgIpc) is 1.95. The molecule has 0 aliphatic heterocycles. The molecule has 0 saturated heterocycles. The first kappa shape index (κ1) is 11.8. The lowest BCUT2D eigenvalue weighted by Gasteiger charge is -1.97. The number of rotatable bonds is 6. The summed E-state index contributed by atoms with van der Waals surface area (Å²) in [5, 5.41) is 0.771. The summed E-state index contributed by atoms with van der Waals surface area (Å²) in [5.41, 5.74) is 0. The molecule has 0 atom stereocenters. The lowest BCUT2D eigenvalue weighted by molar-refractivity contribution is 0.661. The Hall–Kier alpha value is -0.230. The number of hydrogen-bond acceptors (Lipinski definition) is 0. The van der Waals surface area contributed by atoms with Crippen molar-refractivity contribution >= 4 is 11.6 Å². The Morgan fingerprint density at radius 1 is 1.42 bits per heavy atom. The van der Waals surface area contributed by atoms with Gasteiger partial charge >= 0.3 is 0 Å². The average molecular weight is 187 g/mol. The quantitative estimate of drug-likeness (QED) is 0.423. The van der Waals surface area contributed by atoms with Gasteiger partial charge in [0.15, 0.2) is 0 Å². The Kier molecular flexibility index (Phi) is 7.28. The Bertz CT molecular complexity index is 145. The third-order valence-electron chi connectivity index (χ3n) is 1.59. The zero-order chi connectivity index (χ0) is 9.40. The fourth-order valence-corrected chi connectivity index (χ4v) is 1.03. The second kappa shape index (κ2) is 7.42. The highest BCUT2D eigenvalue weighted by atomic mass is 35.5. The van der Waals surface area contributed by atoms with Crippen LogP contribution < -0.4 is 0 Å². The van der Waals surface area contributed by atoms with Crippen LogP contribution in [0.15, 0.2) is 23.8 Å². The molecule has 0 heterocycles. The first-order valence-corrected chi connectivity index (χ1v) is 4.99. The number of unbranched alkanes of at least 4 members (excludes halogenated alkanes) is 1. The van der Waals surface area contributed by atoms with Crippen LogP contribution in [0, 0.1) is 5.92 Å². The predicted octanol–water partition coefficient (Wildman–Crippen LogP) is 4.51. The van der Waals surface area contributed by atoms with Gasteiger partial charge in [0.05, 0.1) is 0 Å². The lowest BCUT2D eigenvalue weighted by atomic mass is 10.1. The van der Waals surface area contributed by atoms with E-state index >= 15 is 0 Å². The molecule has 0 fully saturated rings. The third kappa shape index (κ3) is 9.77. The van der Waals surface area contributed by atoms with Crippen molar-refractivity contribution in [2.45, 2.75) is 39.5 Å². The summed E-state index contributed by atoms with van der Waals surface area (Å²) >= 11 is 5.62. The highest BCUT2D eigenvalue weighted by Crippen LogP contribution is 2.09. The number of halogens is 1. The SMILES string of the molecule is C=C(Cl)CCC/C=C\CC(C)C.